The summed E-state index contributed by atoms with van der Waals surface area (Å²) >= 11 is 0. The molecule has 0 saturated heterocycles. The maximum absolute atomic E-state index is 5.31. The van der Waals surface area contributed by atoms with Gasteiger partial charge in [0.05, 0.1) is 5.71 Å². The molecule has 1 aliphatic heterocycles. The molecule has 0 radical (unpaired) electrons. The molecule has 1 heterocycles. The zero-order valence-corrected chi connectivity index (χ0v) is 7.29. The lowest BCUT2D eigenvalue weighted by Gasteiger charge is -2.06. The van der Waals surface area contributed by atoms with Crippen LogP contribution in [0.25, 0.3) is 0 Å². The number of hydrogen-bond donors (Lipinski definition) is 0. The van der Waals surface area contributed by atoms with Crippen molar-refractivity contribution in [2.75, 3.05) is 0 Å². The number of rotatable bonds is 2. The molecule has 0 fully saturated rings. The summed E-state index contributed by atoms with van der Waals surface area (Å²) in [4.78, 5) is 5.31. The molecule has 0 N–H and O–H groups in total. The Hall–Kier alpha value is -1.05. The van der Waals surface area contributed by atoms with Gasteiger partial charge in [-0.3, -0.25) is 0 Å². The maximum atomic E-state index is 5.31. The van der Waals surface area contributed by atoms with Crippen LogP contribution in [0.3, 0.4) is 0 Å². The van der Waals surface area contributed by atoms with Crippen LogP contribution in [0.1, 0.15) is 26.2 Å². The molecule has 0 bridgehead atoms. The Morgan fingerprint density at radius 3 is 3.17 bits per heavy atom. The summed E-state index contributed by atoms with van der Waals surface area (Å²) in [7, 11) is 0. The Kier molecular flexibility index (Phi) is 1.98. The highest BCUT2D eigenvalue weighted by atomic mass is 16.6. The van der Waals surface area contributed by atoms with Crippen molar-refractivity contribution in [2.45, 2.75) is 32.3 Å². The van der Waals surface area contributed by atoms with Crippen molar-refractivity contribution in [1.82, 2.24) is 0 Å². The van der Waals surface area contributed by atoms with Crippen LogP contribution >= 0.6 is 0 Å². The fraction of sp³-hybridized carbons (Fsp3) is 0.500. The third-order valence-corrected chi connectivity index (χ3v) is 2.31. The van der Waals surface area contributed by atoms with Gasteiger partial charge in [0.15, 0.2) is 6.10 Å². The molecule has 0 aromatic carbocycles. The quantitative estimate of drug-likeness (QED) is 0.612. The van der Waals surface area contributed by atoms with Crippen LogP contribution in [0.4, 0.5) is 0 Å². The first kappa shape index (κ1) is 7.59. The lowest BCUT2D eigenvalue weighted by atomic mass is 10.1. The minimum Gasteiger partial charge on any atom is -0.387 e. The molecule has 1 unspecified atom stereocenters. The monoisotopic (exact) mass is 163 g/mol. The molecule has 0 amide bonds. The second kappa shape index (κ2) is 3.13. The highest BCUT2D eigenvalue weighted by Gasteiger charge is 2.22. The topological polar surface area (TPSA) is 21.6 Å². The van der Waals surface area contributed by atoms with Crippen molar-refractivity contribution in [1.29, 1.82) is 0 Å². The second-order valence-corrected chi connectivity index (χ2v) is 3.15. The third-order valence-electron chi connectivity index (χ3n) is 2.31. The van der Waals surface area contributed by atoms with Crippen molar-refractivity contribution in [3.63, 3.8) is 0 Å². The van der Waals surface area contributed by atoms with E-state index in [0.29, 0.717) is 0 Å². The van der Waals surface area contributed by atoms with Crippen LogP contribution in [0.2, 0.25) is 0 Å². The molecule has 64 valence electrons. The van der Waals surface area contributed by atoms with Crippen LogP contribution in [0.15, 0.2) is 29.0 Å². The molecular formula is C10H13NO. The Labute approximate surface area is 72.6 Å². The molecule has 0 aromatic heterocycles. The lowest BCUT2D eigenvalue weighted by molar-refractivity contribution is 0.114. The van der Waals surface area contributed by atoms with Crippen molar-refractivity contribution in [2.24, 2.45) is 5.16 Å². The molecule has 0 aromatic rings. The third kappa shape index (κ3) is 1.29. The zero-order valence-electron chi connectivity index (χ0n) is 7.29. The molecular weight excluding hydrogens is 150 g/mol. The average Bonchev–Trinajstić information content (AvgIpc) is 2.75. The summed E-state index contributed by atoms with van der Waals surface area (Å²) in [6.07, 6.45) is 9.75. The van der Waals surface area contributed by atoms with Crippen molar-refractivity contribution in [3.05, 3.63) is 23.8 Å². The highest BCUT2D eigenvalue weighted by Crippen LogP contribution is 2.23. The van der Waals surface area contributed by atoms with Gasteiger partial charge in [-0.15, -0.1) is 0 Å². The fourth-order valence-electron chi connectivity index (χ4n) is 1.53. The predicted molar refractivity (Wildman–Crippen MR) is 49.1 cm³/mol. The van der Waals surface area contributed by atoms with E-state index in [2.05, 4.69) is 30.3 Å². The lowest BCUT2D eigenvalue weighted by Crippen LogP contribution is -2.08. The minimum atomic E-state index is 0.207. The average molecular weight is 163 g/mol. The first-order chi connectivity index (χ1) is 5.90. The standard InChI is InChI=1S/C10H13NO/c1-2-9-7-10(12-11-9)8-5-3-4-6-8/h3,5-6,10H,2,4,7H2,1H3. The molecule has 1 aliphatic carbocycles. The van der Waals surface area contributed by atoms with E-state index in [1.807, 2.05) is 0 Å². The Bertz CT molecular complexity index is 263. The minimum absolute atomic E-state index is 0.207. The van der Waals surface area contributed by atoms with E-state index in [9.17, 15) is 0 Å². The predicted octanol–water partition coefficient (Wildman–Crippen LogP) is 2.43. The molecule has 2 nitrogen and oxygen atoms in total. The Morgan fingerprint density at radius 1 is 1.67 bits per heavy atom. The normalized spacial score (nSPS) is 26.9. The van der Waals surface area contributed by atoms with Crippen molar-refractivity contribution in [3.8, 4) is 0 Å². The van der Waals surface area contributed by atoms with E-state index < -0.39 is 0 Å². The van der Waals surface area contributed by atoms with E-state index >= 15 is 0 Å². The second-order valence-electron chi connectivity index (χ2n) is 3.15. The van der Waals surface area contributed by atoms with Crippen LogP contribution in [-0.4, -0.2) is 11.8 Å². The van der Waals surface area contributed by atoms with Crippen LogP contribution < -0.4 is 0 Å². The van der Waals surface area contributed by atoms with Gasteiger partial charge in [-0.1, -0.05) is 30.3 Å². The van der Waals surface area contributed by atoms with Gasteiger partial charge in [-0.2, -0.15) is 0 Å². The highest BCUT2D eigenvalue weighted by molar-refractivity contribution is 5.85. The molecule has 2 rings (SSSR count). The summed E-state index contributed by atoms with van der Waals surface area (Å²) in [6, 6.07) is 0. The van der Waals surface area contributed by atoms with Crippen LogP contribution in [-0.2, 0) is 4.84 Å². The van der Waals surface area contributed by atoms with E-state index in [1.54, 1.807) is 0 Å². The van der Waals surface area contributed by atoms with E-state index in [1.165, 1.54) is 11.3 Å². The van der Waals surface area contributed by atoms with Gasteiger partial charge in [0, 0.05) is 6.42 Å². The van der Waals surface area contributed by atoms with Gasteiger partial charge in [-0.25, -0.2) is 0 Å². The van der Waals surface area contributed by atoms with Gasteiger partial charge < -0.3 is 4.84 Å². The summed E-state index contributed by atoms with van der Waals surface area (Å²) < 4.78 is 0. The Balaban J connectivity index is 1.98. The molecule has 2 heteroatoms. The van der Waals surface area contributed by atoms with E-state index in [4.69, 9.17) is 4.84 Å². The van der Waals surface area contributed by atoms with Crippen molar-refractivity contribution < 1.29 is 4.84 Å². The first-order valence-corrected chi connectivity index (χ1v) is 4.48. The van der Waals surface area contributed by atoms with Gasteiger partial charge >= 0.3 is 0 Å². The zero-order chi connectivity index (χ0) is 8.39. The number of hydrogen-bond acceptors (Lipinski definition) is 2. The van der Waals surface area contributed by atoms with Gasteiger partial charge in [-0.05, 0) is 18.4 Å². The number of nitrogens with zero attached hydrogens (tertiary/aromatic N) is 1. The molecule has 12 heavy (non-hydrogen) atoms. The SMILES string of the molecule is CCC1=NOC(C2=CCC=C2)C1. The number of allylic oxidation sites excluding steroid dienone is 2. The molecule has 1 atom stereocenters. The van der Waals surface area contributed by atoms with E-state index in [-0.39, 0.29) is 6.10 Å². The van der Waals surface area contributed by atoms with Gasteiger partial charge in [0.1, 0.15) is 0 Å². The summed E-state index contributed by atoms with van der Waals surface area (Å²) in [5.74, 6) is 0. The maximum Gasteiger partial charge on any atom is 0.157 e. The molecule has 2 aliphatic rings. The van der Waals surface area contributed by atoms with Gasteiger partial charge in [0.25, 0.3) is 0 Å². The van der Waals surface area contributed by atoms with E-state index in [0.717, 1.165) is 19.3 Å². The first-order valence-electron chi connectivity index (χ1n) is 4.48. The summed E-state index contributed by atoms with van der Waals surface area (Å²) in [6.45, 7) is 2.11. The van der Waals surface area contributed by atoms with Crippen molar-refractivity contribution >= 4 is 5.71 Å². The molecule has 0 saturated carbocycles. The fourth-order valence-corrected chi connectivity index (χ4v) is 1.53. The summed E-state index contributed by atoms with van der Waals surface area (Å²) in [5.41, 5.74) is 2.48. The van der Waals surface area contributed by atoms with Gasteiger partial charge in [0.2, 0.25) is 0 Å². The van der Waals surface area contributed by atoms with Crippen LogP contribution in [0.5, 0.6) is 0 Å². The Morgan fingerprint density at radius 2 is 2.58 bits per heavy atom. The number of oxime groups is 1. The summed E-state index contributed by atoms with van der Waals surface area (Å²) in [5, 5.41) is 4.02. The smallest absolute Gasteiger partial charge is 0.157 e. The largest absolute Gasteiger partial charge is 0.387 e. The van der Waals surface area contributed by atoms with Crippen LogP contribution in [0, 0.1) is 0 Å². The molecule has 0 spiro atoms.